The SMILES string of the molecule is COc1ccc2ccc(OC(=O)CCC3CCCO3)cc2c1. The summed E-state index contributed by atoms with van der Waals surface area (Å²) in [5.74, 6) is 1.14. The fourth-order valence-corrected chi connectivity index (χ4v) is 2.73. The first-order valence-electron chi connectivity index (χ1n) is 7.65. The molecule has 0 saturated carbocycles. The summed E-state index contributed by atoms with van der Waals surface area (Å²) in [5, 5.41) is 2.07. The number of esters is 1. The average molecular weight is 300 g/mol. The summed E-state index contributed by atoms with van der Waals surface area (Å²) in [5.41, 5.74) is 0. The fraction of sp³-hybridized carbons (Fsp3) is 0.389. The monoisotopic (exact) mass is 300 g/mol. The van der Waals surface area contributed by atoms with Crippen LogP contribution in [-0.2, 0) is 9.53 Å². The first-order valence-corrected chi connectivity index (χ1v) is 7.65. The summed E-state index contributed by atoms with van der Waals surface area (Å²) in [4.78, 5) is 11.9. The summed E-state index contributed by atoms with van der Waals surface area (Å²) < 4.78 is 16.2. The largest absolute Gasteiger partial charge is 0.497 e. The number of carbonyl (C=O) groups excluding carboxylic acids is 1. The molecule has 1 aliphatic rings. The molecule has 0 bridgehead atoms. The minimum Gasteiger partial charge on any atom is -0.497 e. The molecule has 1 fully saturated rings. The van der Waals surface area contributed by atoms with E-state index in [2.05, 4.69) is 0 Å². The van der Waals surface area contributed by atoms with Crippen molar-refractivity contribution in [2.75, 3.05) is 13.7 Å². The second kappa shape index (κ2) is 6.79. The maximum absolute atomic E-state index is 11.9. The summed E-state index contributed by atoms with van der Waals surface area (Å²) >= 11 is 0. The van der Waals surface area contributed by atoms with Crippen LogP contribution in [0.1, 0.15) is 25.7 Å². The lowest BCUT2D eigenvalue weighted by Gasteiger charge is -2.09. The molecule has 2 aromatic carbocycles. The number of carbonyl (C=O) groups is 1. The van der Waals surface area contributed by atoms with Crippen LogP contribution in [0, 0.1) is 0 Å². The van der Waals surface area contributed by atoms with Crippen LogP contribution in [0.15, 0.2) is 36.4 Å². The van der Waals surface area contributed by atoms with Crippen LogP contribution in [-0.4, -0.2) is 25.8 Å². The third-order valence-electron chi connectivity index (χ3n) is 3.94. The van der Waals surface area contributed by atoms with Crippen LogP contribution in [0.2, 0.25) is 0 Å². The van der Waals surface area contributed by atoms with Gasteiger partial charge in [0, 0.05) is 13.0 Å². The quantitative estimate of drug-likeness (QED) is 0.623. The molecule has 4 heteroatoms. The van der Waals surface area contributed by atoms with Gasteiger partial charge in [-0.1, -0.05) is 12.1 Å². The zero-order valence-corrected chi connectivity index (χ0v) is 12.7. The third kappa shape index (κ3) is 3.57. The lowest BCUT2D eigenvalue weighted by Crippen LogP contribution is -2.13. The van der Waals surface area contributed by atoms with Crippen LogP contribution in [0.25, 0.3) is 10.8 Å². The minimum atomic E-state index is -0.210. The fourth-order valence-electron chi connectivity index (χ4n) is 2.73. The van der Waals surface area contributed by atoms with Gasteiger partial charge in [0.1, 0.15) is 11.5 Å². The zero-order chi connectivity index (χ0) is 15.4. The first-order chi connectivity index (χ1) is 10.7. The number of methoxy groups -OCH3 is 1. The van der Waals surface area contributed by atoms with Crippen molar-refractivity contribution in [2.45, 2.75) is 31.8 Å². The predicted octanol–water partition coefficient (Wildman–Crippen LogP) is 3.71. The molecule has 1 heterocycles. The maximum atomic E-state index is 11.9. The second-order valence-corrected chi connectivity index (χ2v) is 5.52. The van der Waals surface area contributed by atoms with E-state index in [-0.39, 0.29) is 12.1 Å². The van der Waals surface area contributed by atoms with Crippen LogP contribution in [0.3, 0.4) is 0 Å². The molecule has 1 unspecified atom stereocenters. The van der Waals surface area contributed by atoms with Crippen molar-refractivity contribution in [3.05, 3.63) is 36.4 Å². The van der Waals surface area contributed by atoms with E-state index in [0.29, 0.717) is 12.2 Å². The highest BCUT2D eigenvalue weighted by Gasteiger charge is 2.17. The average Bonchev–Trinajstić information content (AvgIpc) is 3.05. The van der Waals surface area contributed by atoms with E-state index in [1.54, 1.807) is 7.11 Å². The van der Waals surface area contributed by atoms with E-state index in [4.69, 9.17) is 14.2 Å². The molecule has 0 aromatic heterocycles. The molecule has 1 saturated heterocycles. The van der Waals surface area contributed by atoms with E-state index in [9.17, 15) is 4.79 Å². The Bertz CT molecular complexity index is 659. The Hall–Kier alpha value is -2.07. The van der Waals surface area contributed by atoms with Crippen molar-refractivity contribution in [1.82, 2.24) is 0 Å². The zero-order valence-electron chi connectivity index (χ0n) is 12.7. The van der Waals surface area contributed by atoms with Gasteiger partial charge < -0.3 is 14.2 Å². The van der Waals surface area contributed by atoms with Gasteiger partial charge in [0.25, 0.3) is 0 Å². The number of hydrogen-bond acceptors (Lipinski definition) is 4. The van der Waals surface area contributed by atoms with Crippen LogP contribution in [0.5, 0.6) is 11.5 Å². The van der Waals surface area contributed by atoms with Crippen molar-refractivity contribution in [3.8, 4) is 11.5 Å². The van der Waals surface area contributed by atoms with E-state index >= 15 is 0 Å². The van der Waals surface area contributed by atoms with Crippen LogP contribution < -0.4 is 9.47 Å². The molecule has 22 heavy (non-hydrogen) atoms. The molecule has 0 spiro atoms. The van der Waals surface area contributed by atoms with Gasteiger partial charge in [-0.3, -0.25) is 4.79 Å². The topological polar surface area (TPSA) is 44.8 Å². The standard InChI is InChI=1S/C18H20O4/c1-20-16-6-4-13-5-7-17(12-14(13)11-16)22-18(19)9-8-15-3-2-10-21-15/h4-7,11-12,15H,2-3,8-10H2,1H3. The summed E-state index contributed by atoms with van der Waals surface area (Å²) in [6, 6.07) is 11.4. The van der Waals surface area contributed by atoms with Crippen LogP contribution >= 0.6 is 0 Å². The summed E-state index contributed by atoms with van der Waals surface area (Å²) in [6.45, 7) is 0.812. The Labute approximate surface area is 130 Å². The van der Waals surface area contributed by atoms with Gasteiger partial charge in [0.05, 0.1) is 13.2 Å². The molecular formula is C18H20O4. The van der Waals surface area contributed by atoms with Gasteiger partial charge in [0.15, 0.2) is 0 Å². The molecule has 0 aliphatic carbocycles. The number of rotatable bonds is 5. The molecule has 2 aromatic rings. The second-order valence-electron chi connectivity index (χ2n) is 5.52. The van der Waals surface area contributed by atoms with Crippen molar-refractivity contribution < 1.29 is 19.0 Å². The van der Waals surface area contributed by atoms with Crippen molar-refractivity contribution in [3.63, 3.8) is 0 Å². The van der Waals surface area contributed by atoms with E-state index in [1.165, 1.54) is 0 Å². The Morgan fingerprint density at radius 3 is 2.68 bits per heavy atom. The third-order valence-corrected chi connectivity index (χ3v) is 3.94. The summed E-state index contributed by atoms with van der Waals surface area (Å²) in [7, 11) is 1.64. The van der Waals surface area contributed by atoms with Gasteiger partial charge in [-0.2, -0.15) is 0 Å². The highest BCUT2D eigenvalue weighted by molar-refractivity contribution is 5.86. The molecule has 0 N–H and O–H groups in total. The molecule has 0 radical (unpaired) electrons. The minimum absolute atomic E-state index is 0.210. The maximum Gasteiger partial charge on any atom is 0.311 e. The highest BCUT2D eigenvalue weighted by atomic mass is 16.5. The lowest BCUT2D eigenvalue weighted by molar-refractivity contribution is -0.135. The molecule has 1 aliphatic heterocycles. The van der Waals surface area contributed by atoms with Crippen LogP contribution in [0.4, 0.5) is 0 Å². The van der Waals surface area contributed by atoms with Gasteiger partial charge >= 0.3 is 5.97 Å². The summed E-state index contributed by atoms with van der Waals surface area (Å²) in [6.07, 6.45) is 3.48. The van der Waals surface area contributed by atoms with Gasteiger partial charge in [0.2, 0.25) is 0 Å². The van der Waals surface area contributed by atoms with Gasteiger partial charge in [-0.05, 0) is 54.3 Å². The molecule has 3 rings (SSSR count). The van der Waals surface area contributed by atoms with E-state index < -0.39 is 0 Å². The molecule has 116 valence electrons. The Balaban J connectivity index is 1.63. The smallest absolute Gasteiger partial charge is 0.311 e. The predicted molar refractivity (Wildman–Crippen MR) is 84.3 cm³/mol. The van der Waals surface area contributed by atoms with E-state index in [0.717, 1.165) is 42.4 Å². The number of fused-ring (bicyclic) bond motifs is 1. The Kier molecular flexibility index (Phi) is 4.59. The van der Waals surface area contributed by atoms with E-state index in [1.807, 2.05) is 36.4 Å². The van der Waals surface area contributed by atoms with Gasteiger partial charge in [-0.15, -0.1) is 0 Å². The number of benzene rings is 2. The molecule has 0 amide bonds. The van der Waals surface area contributed by atoms with Crippen molar-refractivity contribution in [2.24, 2.45) is 0 Å². The highest BCUT2D eigenvalue weighted by Crippen LogP contribution is 2.25. The number of ether oxygens (including phenoxy) is 3. The van der Waals surface area contributed by atoms with Crippen molar-refractivity contribution in [1.29, 1.82) is 0 Å². The normalized spacial score (nSPS) is 17.6. The molecular weight excluding hydrogens is 280 g/mol. The molecule has 4 nitrogen and oxygen atoms in total. The molecule has 1 atom stereocenters. The van der Waals surface area contributed by atoms with Crippen molar-refractivity contribution >= 4 is 16.7 Å². The first kappa shape index (κ1) is 14.9. The lowest BCUT2D eigenvalue weighted by atomic mass is 10.1. The number of hydrogen-bond donors (Lipinski definition) is 0. The Morgan fingerprint density at radius 1 is 1.18 bits per heavy atom. The Morgan fingerprint density at radius 2 is 1.95 bits per heavy atom. The van der Waals surface area contributed by atoms with Gasteiger partial charge in [-0.25, -0.2) is 0 Å².